The fourth-order valence-electron chi connectivity index (χ4n) is 1.84. The molecule has 4 heteroatoms. The number of benzene rings is 2. The summed E-state index contributed by atoms with van der Waals surface area (Å²) in [5.74, 6) is 2.16. The third-order valence-corrected chi connectivity index (χ3v) is 3.19. The highest BCUT2D eigenvalue weighted by molar-refractivity contribution is 6.17. The minimum Gasteiger partial charge on any atom is -0.497 e. The lowest BCUT2D eigenvalue weighted by Crippen LogP contribution is -2.12. The topological polar surface area (TPSA) is 30.5 Å². The average molecular weight is 292 g/mol. The van der Waals surface area contributed by atoms with Crippen molar-refractivity contribution in [3.63, 3.8) is 0 Å². The van der Waals surface area contributed by atoms with Gasteiger partial charge in [0.25, 0.3) is 0 Å². The maximum atomic E-state index is 5.89. The highest BCUT2D eigenvalue weighted by Gasteiger charge is 1.99. The van der Waals surface area contributed by atoms with Gasteiger partial charge in [-0.15, -0.1) is 11.6 Å². The van der Waals surface area contributed by atoms with Crippen LogP contribution in [0.15, 0.2) is 48.5 Å². The summed E-state index contributed by atoms with van der Waals surface area (Å²) >= 11 is 5.89. The molecule has 0 amide bonds. The van der Waals surface area contributed by atoms with Crippen molar-refractivity contribution in [3.8, 4) is 11.5 Å². The van der Waals surface area contributed by atoms with Crippen molar-refractivity contribution < 1.29 is 9.47 Å². The molecule has 0 aromatic heterocycles. The Labute approximate surface area is 124 Å². The number of hydrogen-bond donors (Lipinski definition) is 1. The number of rotatable bonds is 7. The third kappa shape index (κ3) is 4.07. The van der Waals surface area contributed by atoms with Crippen molar-refractivity contribution in [1.82, 2.24) is 0 Å². The van der Waals surface area contributed by atoms with Gasteiger partial charge in [0.1, 0.15) is 18.1 Å². The van der Waals surface area contributed by atoms with Crippen LogP contribution in [0.4, 0.5) is 5.69 Å². The number of anilines is 1. The molecular weight excluding hydrogens is 274 g/mol. The fraction of sp³-hybridized carbons (Fsp3) is 0.250. The number of methoxy groups -OCH3 is 1. The lowest BCUT2D eigenvalue weighted by Gasteiger charge is -2.11. The molecule has 0 saturated heterocycles. The van der Waals surface area contributed by atoms with Crippen LogP contribution in [-0.2, 0) is 5.88 Å². The maximum absolute atomic E-state index is 5.89. The van der Waals surface area contributed by atoms with Gasteiger partial charge < -0.3 is 14.8 Å². The number of ether oxygens (including phenoxy) is 2. The predicted molar refractivity (Wildman–Crippen MR) is 83.0 cm³/mol. The summed E-state index contributed by atoms with van der Waals surface area (Å²) in [6.07, 6.45) is 0. The lowest BCUT2D eigenvalue weighted by atomic mass is 10.2. The van der Waals surface area contributed by atoms with E-state index in [-0.39, 0.29) is 0 Å². The second kappa shape index (κ2) is 7.65. The average Bonchev–Trinajstić information content (AvgIpc) is 2.52. The van der Waals surface area contributed by atoms with Crippen LogP contribution in [0, 0.1) is 0 Å². The SMILES string of the molecule is COc1ccc(OCCNc2ccccc2CCl)cc1. The van der Waals surface area contributed by atoms with Crippen molar-refractivity contribution >= 4 is 17.3 Å². The monoisotopic (exact) mass is 291 g/mol. The van der Waals surface area contributed by atoms with E-state index in [0.717, 1.165) is 29.3 Å². The minimum atomic E-state index is 0.502. The van der Waals surface area contributed by atoms with E-state index in [1.807, 2.05) is 48.5 Å². The van der Waals surface area contributed by atoms with Crippen molar-refractivity contribution in [2.24, 2.45) is 0 Å². The van der Waals surface area contributed by atoms with E-state index in [2.05, 4.69) is 5.32 Å². The zero-order chi connectivity index (χ0) is 14.2. The van der Waals surface area contributed by atoms with Crippen LogP contribution in [-0.4, -0.2) is 20.3 Å². The van der Waals surface area contributed by atoms with Crippen LogP contribution < -0.4 is 14.8 Å². The third-order valence-electron chi connectivity index (χ3n) is 2.91. The molecule has 0 bridgehead atoms. The van der Waals surface area contributed by atoms with Gasteiger partial charge in [-0.2, -0.15) is 0 Å². The van der Waals surface area contributed by atoms with Gasteiger partial charge in [-0.1, -0.05) is 18.2 Å². The molecule has 1 N–H and O–H groups in total. The van der Waals surface area contributed by atoms with Crippen LogP contribution in [0.1, 0.15) is 5.56 Å². The first-order valence-corrected chi connectivity index (χ1v) is 7.01. The molecule has 0 unspecified atom stereocenters. The van der Waals surface area contributed by atoms with E-state index in [0.29, 0.717) is 12.5 Å². The zero-order valence-corrected chi connectivity index (χ0v) is 12.2. The molecule has 0 aliphatic heterocycles. The molecule has 0 spiro atoms. The normalized spacial score (nSPS) is 10.1. The second-order valence-electron chi connectivity index (χ2n) is 4.24. The first-order valence-electron chi connectivity index (χ1n) is 6.48. The summed E-state index contributed by atoms with van der Waals surface area (Å²) in [4.78, 5) is 0. The van der Waals surface area contributed by atoms with Crippen molar-refractivity contribution in [2.45, 2.75) is 5.88 Å². The molecule has 3 nitrogen and oxygen atoms in total. The lowest BCUT2D eigenvalue weighted by molar-refractivity contribution is 0.331. The standard InChI is InChI=1S/C16H18ClNO2/c1-19-14-6-8-15(9-7-14)20-11-10-18-16-5-3-2-4-13(16)12-17/h2-9,18H,10-12H2,1H3. The molecule has 0 aliphatic rings. The van der Waals surface area contributed by atoms with Gasteiger partial charge in [-0.05, 0) is 35.9 Å². The molecule has 2 rings (SSSR count). The predicted octanol–water partition coefficient (Wildman–Crippen LogP) is 3.92. The van der Waals surface area contributed by atoms with Gasteiger partial charge in [0.2, 0.25) is 0 Å². The van der Waals surface area contributed by atoms with Gasteiger partial charge in [0.15, 0.2) is 0 Å². The van der Waals surface area contributed by atoms with E-state index in [9.17, 15) is 0 Å². The van der Waals surface area contributed by atoms with Crippen molar-refractivity contribution in [1.29, 1.82) is 0 Å². The molecular formula is C16H18ClNO2. The van der Waals surface area contributed by atoms with Gasteiger partial charge in [-0.3, -0.25) is 0 Å². The van der Waals surface area contributed by atoms with Crippen molar-refractivity contribution in [3.05, 3.63) is 54.1 Å². The highest BCUT2D eigenvalue weighted by Crippen LogP contribution is 2.18. The van der Waals surface area contributed by atoms with Gasteiger partial charge in [0, 0.05) is 18.1 Å². The Hall–Kier alpha value is -1.87. The first-order chi connectivity index (χ1) is 9.83. The number of alkyl halides is 1. The summed E-state index contributed by atoms with van der Waals surface area (Å²) in [6, 6.07) is 15.6. The summed E-state index contributed by atoms with van der Waals surface area (Å²) < 4.78 is 10.7. The van der Waals surface area contributed by atoms with E-state index in [4.69, 9.17) is 21.1 Å². The Bertz CT molecular complexity index is 528. The Balaban J connectivity index is 1.78. The number of hydrogen-bond acceptors (Lipinski definition) is 3. The van der Waals surface area contributed by atoms with E-state index >= 15 is 0 Å². The van der Waals surface area contributed by atoms with Gasteiger partial charge >= 0.3 is 0 Å². The van der Waals surface area contributed by atoms with Gasteiger partial charge in [-0.25, -0.2) is 0 Å². The summed E-state index contributed by atoms with van der Waals surface area (Å²) in [5, 5.41) is 3.32. The van der Waals surface area contributed by atoms with E-state index < -0.39 is 0 Å². The summed E-state index contributed by atoms with van der Waals surface area (Å²) in [5.41, 5.74) is 2.15. The Morgan fingerprint density at radius 2 is 1.70 bits per heavy atom. The molecule has 2 aromatic rings. The van der Waals surface area contributed by atoms with E-state index in [1.165, 1.54) is 0 Å². The van der Waals surface area contributed by atoms with Crippen LogP contribution in [0.3, 0.4) is 0 Å². The van der Waals surface area contributed by atoms with Crippen LogP contribution in [0.5, 0.6) is 11.5 Å². The summed E-state index contributed by atoms with van der Waals surface area (Å²) in [7, 11) is 1.65. The quantitative estimate of drug-likeness (QED) is 0.619. The number of para-hydroxylation sites is 1. The van der Waals surface area contributed by atoms with Crippen molar-refractivity contribution in [2.75, 3.05) is 25.6 Å². The maximum Gasteiger partial charge on any atom is 0.119 e. The fourth-order valence-corrected chi connectivity index (χ4v) is 2.07. The Morgan fingerprint density at radius 1 is 1.00 bits per heavy atom. The Morgan fingerprint density at radius 3 is 2.40 bits per heavy atom. The van der Waals surface area contributed by atoms with Gasteiger partial charge in [0.05, 0.1) is 7.11 Å². The highest BCUT2D eigenvalue weighted by atomic mass is 35.5. The molecule has 0 radical (unpaired) electrons. The molecule has 0 fully saturated rings. The second-order valence-corrected chi connectivity index (χ2v) is 4.51. The molecule has 0 heterocycles. The zero-order valence-electron chi connectivity index (χ0n) is 11.4. The Kier molecular flexibility index (Phi) is 5.56. The van der Waals surface area contributed by atoms with Crippen LogP contribution in [0.2, 0.25) is 0 Å². The molecule has 20 heavy (non-hydrogen) atoms. The molecule has 0 aliphatic carbocycles. The molecule has 0 saturated carbocycles. The first kappa shape index (κ1) is 14.5. The molecule has 2 aromatic carbocycles. The molecule has 106 valence electrons. The van der Waals surface area contributed by atoms with E-state index in [1.54, 1.807) is 7.11 Å². The number of nitrogens with one attached hydrogen (secondary N) is 1. The number of halogens is 1. The van der Waals surface area contributed by atoms with Crippen LogP contribution >= 0.6 is 11.6 Å². The molecule has 0 atom stereocenters. The largest absolute Gasteiger partial charge is 0.497 e. The minimum absolute atomic E-state index is 0.502. The van der Waals surface area contributed by atoms with Crippen LogP contribution in [0.25, 0.3) is 0 Å². The summed E-state index contributed by atoms with van der Waals surface area (Å²) in [6.45, 7) is 1.31. The smallest absolute Gasteiger partial charge is 0.119 e.